The summed E-state index contributed by atoms with van der Waals surface area (Å²) < 4.78 is 67.9. The van der Waals surface area contributed by atoms with Gasteiger partial charge in [0.25, 0.3) is 0 Å². The van der Waals surface area contributed by atoms with E-state index in [0.717, 1.165) is 69.4 Å². The Morgan fingerprint density at radius 3 is 1.14 bits per heavy atom. The highest BCUT2D eigenvalue weighted by molar-refractivity contribution is 9.11. The predicted molar refractivity (Wildman–Crippen MR) is 366 cm³/mol. The van der Waals surface area contributed by atoms with Crippen molar-refractivity contribution in [3.8, 4) is 0 Å². The van der Waals surface area contributed by atoms with E-state index in [4.69, 9.17) is 55.6 Å². The van der Waals surface area contributed by atoms with Gasteiger partial charge in [0.2, 0.25) is 0 Å². The van der Waals surface area contributed by atoms with E-state index in [0.29, 0.717) is 130 Å². The number of aromatic nitrogens is 5. The highest BCUT2D eigenvalue weighted by Crippen LogP contribution is 2.24. The monoisotopic (exact) mass is 1410 g/mol. The van der Waals surface area contributed by atoms with Crippen LogP contribution in [0.1, 0.15) is 138 Å². The van der Waals surface area contributed by atoms with Gasteiger partial charge >= 0.3 is 29.5 Å². The van der Waals surface area contributed by atoms with Crippen LogP contribution < -0.4 is 0 Å². The maximum absolute atomic E-state index is 11.3. The summed E-state index contributed by atoms with van der Waals surface area (Å²) >= 11 is 6.32. The Kier molecular flexibility index (Phi) is 45.2. The third kappa shape index (κ3) is 33.3. The van der Waals surface area contributed by atoms with Crippen LogP contribution in [0.15, 0.2) is 96.2 Å². The number of nitrogens with zero attached hydrogens (tertiary/aromatic N) is 5. The van der Waals surface area contributed by atoms with Gasteiger partial charge in [-0.25, -0.2) is 19.6 Å². The van der Waals surface area contributed by atoms with Gasteiger partial charge in [0, 0.05) is 88.7 Å². The van der Waals surface area contributed by atoms with Crippen LogP contribution in [-0.2, 0) is 100 Å². The number of aliphatic hydroxyl groups is 1. The number of esters is 2. The first kappa shape index (κ1) is 82.6. The number of hydrogen-bond acceptors (Lipinski definition) is 20. The van der Waals surface area contributed by atoms with Crippen LogP contribution in [0.25, 0.3) is 24.3 Å². The second-order valence-electron chi connectivity index (χ2n) is 18.7. The van der Waals surface area contributed by atoms with Crippen molar-refractivity contribution in [2.24, 2.45) is 0 Å². The molecule has 20 nitrogen and oxygen atoms in total. The van der Waals surface area contributed by atoms with Crippen molar-refractivity contribution in [3.05, 3.63) is 170 Å². The first-order valence-corrected chi connectivity index (χ1v) is 35.4. The smallest absolute Gasteiger partial charge is 0.465 e. The average Bonchev–Trinajstić information content (AvgIpc) is 2.29. The summed E-state index contributed by atoms with van der Waals surface area (Å²) in [5, 5.41) is 8.92. The molecule has 0 unspecified atom stereocenters. The van der Waals surface area contributed by atoms with Gasteiger partial charge in [0.05, 0.1) is 94.4 Å². The highest BCUT2D eigenvalue weighted by atomic mass is 79.9. The van der Waals surface area contributed by atoms with Gasteiger partial charge in [-0.2, -0.15) is 0 Å². The molecule has 0 aliphatic rings. The van der Waals surface area contributed by atoms with E-state index in [2.05, 4.69) is 99.7 Å². The molecule has 0 saturated heterocycles. The number of aryl methyl sites for hydroxylation is 4. The molecule has 0 amide bonds. The van der Waals surface area contributed by atoms with Crippen molar-refractivity contribution in [3.63, 3.8) is 0 Å². The second kappa shape index (κ2) is 49.3. The maximum Gasteiger partial charge on any atom is 0.501 e. The van der Waals surface area contributed by atoms with E-state index < -0.39 is 17.6 Å². The topological polar surface area (TPSA) is 230 Å². The van der Waals surface area contributed by atoms with Crippen LogP contribution in [0.2, 0.25) is 12.1 Å². The lowest BCUT2D eigenvalue weighted by Gasteiger charge is -2.29. The Bertz CT molecular complexity index is 2740. The minimum Gasteiger partial charge on any atom is -0.465 e. The molecule has 0 saturated carbocycles. The number of pyridine rings is 5. The molecule has 24 heteroatoms. The lowest BCUT2D eigenvalue weighted by atomic mass is 10.1. The Morgan fingerprint density at radius 2 is 0.789 bits per heavy atom. The quantitative estimate of drug-likeness (QED) is 0.0169. The number of rotatable bonds is 37. The fraction of sp³-hybridized carbons (Fsp3) is 0.470. The van der Waals surface area contributed by atoms with Gasteiger partial charge in [0.1, 0.15) is 9.21 Å². The standard InChI is InChI=1S/C25H49NO8Si2.C13H17NO2.C11H13NO2.C10H13NO.C7H5Br2NO2/c1-8-29-35(30-9-2,31-10-3)18-14-24-20-23(22-28-17-16-27-7)21-25(26-24)15-19-36(32-11-4,33-12-5)34-13-6;1-4-12-8-11(9-13(5-2)14-12)10-16-7-6-15-3;1-4-9-6-8(11(13)14-3)7-10(5-2)12-9;1-3-9-5-8(7-12)6-10(4-2)11-9;1-12-7(11)4-2-5(8)10-6(9)3-4/h20-21H,8-19,22H2,1-7H3;4-5,8-9H,1-2,6-7,10H2,3H3;4,6-7H,1,5H2,2-3H3;3,5-6,12H,1,4,7H2,2H3;2-3H,1H3. The summed E-state index contributed by atoms with van der Waals surface area (Å²) in [5.74, 6) is -0.719. The summed E-state index contributed by atoms with van der Waals surface area (Å²) in [6, 6.07) is 19.8. The van der Waals surface area contributed by atoms with Crippen LogP contribution in [0.4, 0.5) is 0 Å². The largest absolute Gasteiger partial charge is 0.501 e. The van der Waals surface area contributed by atoms with Crippen LogP contribution in [-0.4, -0.2) is 154 Å². The molecule has 0 aromatic carbocycles. The molecule has 5 heterocycles. The van der Waals surface area contributed by atoms with Crippen LogP contribution in [0.3, 0.4) is 0 Å². The summed E-state index contributed by atoms with van der Waals surface area (Å²) in [7, 11) is 0.483. The first-order chi connectivity index (χ1) is 43.4. The molecule has 0 fully saturated rings. The van der Waals surface area contributed by atoms with Crippen molar-refractivity contribution < 1.29 is 69.7 Å². The van der Waals surface area contributed by atoms with Gasteiger partial charge in [0.15, 0.2) is 0 Å². The maximum atomic E-state index is 11.3. The zero-order valence-electron chi connectivity index (χ0n) is 55.0. The molecule has 5 aromatic heterocycles. The van der Waals surface area contributed by atoms with Gasteiger partial charge < -0.3 is 60.1 Å². The van der Waals surface area contributed by atoms with Crippen LogP contribution in [0, 0.1) is 0 Å². The van der Waals surface area contributed by atoms with Gasteiger partial charge in [-0.3, -0.25) is 15.0 Å². The Hall–Kier alpha value is -5.40. The highest BCUT2D eigenvalue weighted by Gasteiger charge is 2.41. The molecule has 0 bridgehead atoms. The molecule has 0 atom stereocenters. The Labute approximate surface area is 554 Å². The zero-order chi connectivity index (χ0) is 67.2. The van der Waals surface area contributed by atoms with Crippen molar-refractivity contribution >= 4 is 85.7 Å². The van der Waals surface area contributed by atoms with Crippen LogP contribution >= 0.6 is 31.9 Å². The third-order valence-corrected chi connectivity index (χ3v) is 19.0. The summed E-state index contributed by atoms with van der Waals surface area (Å²) in [6.07, 6.45) is 9.79. The SMILES string of the molecule is C=Cc1cc(C(=O)OC)cc(CC)n1.C=Cc1cc(CO)cc(CC)n1.C=Cc1cc(COCCOC)cc(C=C)n1.CCO[Si](CCc1cc(COCCOC)cc(CC[Si](OCC)(OCC)OCC)n1)(OCC)OCC.COC(=O)c1cc(Br)nc(Br)c1. The third-order valence-electron chi connectivity index (χ3n) is 12.1. The van der Waals surface area contributed by atoms with E-state index >= 15 is 0 Å². The number of carbonyl (C=O) groups is 2. The van der Waals surface area contributed by atoms with Crippen molar-refractivity contribution in [1.29, 1.82) is 0 Å². The second-order valence-corrected chi connectivity index (χ2v) is 25.8. The van der Waals surface area contributed by atoms with E-state index in [9.17, 15) is 9.59 Å². The Morgan fingerprint density at radius 1 is 0.444 bits per heavy atom. The fourth-order valence-electron chi connectivity index (χ4n) is 8.10. The minimum absolute atomic E-state index is 0.0658. The normalized spacial score (nSPS) is 10.8. The molecule has 0 aliphatic carbocycles. The molecule has 5 rings (SSSR count). The molecule has 498 valence electrons. The lowest BCUT2D eigenvalue weighted by Crippen LogP contribution is -2.46. The number of halogens is 2. The number of hydrogen-bond donors (Lipinski definition) is 1. The molecule has 1 N–H and O–H groups in total. The van der Waals surface area contributed by atoms with E-state index in [1.54, 1.807) is 62.8 Å². The average molecular weight is 1420 g/mol. The van der Waals surface area contributed by atoms with Gasteiger partial charge in [-0.05, 0) is 201 Å². The number of carbonyl (C=O) groups excluding carboxylic acids is 2. The van der Waals surface area contributed by atoms with Gasteiger partial charge in [-0.15, -0.1) is 0 Å². The van der Waals surface area contributed by atoms with E-state index in [1.807, 2.05) is 79.7 Å². The summed E-state index contributed by atoms with van der Waals surface area (Å²) in [4.78, 5) is 44.1. The van der Waals surface area contributed by atoms with Crippen molar-refractivity contribution in [2.75, 3.05) is 94.5 Å². The van der Waals surface area contributed by atoms with E-state index in [-0.39, 0.29) is 18.5 Å². The number of aliphatic hydroxyl groups excluding tert-OH is 1. The van der Waals surface area contributed by atoms with E-state index in [1.165, 1.54) is 14.2 Å². The Balaban J connectivity index is 0.000000619. The van der Waals surface area contributed by atoms with Crippen molar-refractivity contribution in [1.82, 2.24) is 24.9 Å². The molecule has 0 aliphatic heterocycles. The first-order valence-electron chi connectivity index (χ1n) is 30.0. The molecular formula is C66H97Br2N5O15Si2. The van der Waals surface area contributed by atoms with Crippen LogP contribution in [0.5, 0.6) is 0 Å². The molecule has 90 heavy (non-hydrogen) atoms. The fourth-order valence-corrected chi connectivity index (χ4v) is 14.3. The molecule has 5 aromatic rings. The zero-order valence-corrected chi connectivity index (χ0v) is 60.2. The molecule has 0 spiro atoms. The number of ether oxygens (including phenoxy) is 6. The summed E-state index contributed by atoms with van der Waals surface area (Å²) in [6.45, 7) is 37.2. The lowest BCUT2D eigenvalue weighted by molar-refractivity contribution is 0.0591. The van der Waals surface area contributed by atoms with Crippen molar-refractivity contribution in [2.45, 2.75) is 113 Å². The summed E-state index contributed by atoms with van der Waals surface area (Å²) in [5.41, 5.74) is 11.0. The minimum atomic E-state index is -2.77. The van der Waals surface area contributed by atoms with Gasteiger partial charge in [-0.1, -0.05) is 40.2 Å². The number of methoxy groups -OCH3 is 4. The predicted octanol–water partition coefficient (Wildman–Crippen LogP) is 13.2. The molecule has 0 radical (unpaired) electrons. The molecular weight excluding hydrogens is 1320 g/mol.